The number of alkyl halides is 3. The van der Waals surface area contributed by atoms with E-state index in [-0.39, 0.29) is 13.1 Å². The molecule has 0 aliphatic heterocycles. The van der Waals surface area contributed by atoms with Gasteiger partial charge in [-0.05, 0) is 23.8 Å². The van der Waals surface area contributed by atoms with Gasteiger partial charge in [0, 0.05) is 24.7 Å². The lowest BCUT2D eigenvalue weighted by Gasteiger charge is -2.27. The summed E-state index contributed by atoms with van der Waals surface area (Å²) >= 11 is 0. The van der Waals surface area contributed by atoms with E-state index in [0.29, 0.717) is 22.6 Å². The number of benzene rings is 2. The number of halogens is 4. The fourth-order valence-electron chi connectivity index (χ4n) is 2.70. The van der Waals surface area contributed by atoms with Crippen molar-refractivity contribution in [3.8, 4) is 11.5 Å². The van der Waals surface area contributed by atoms with E-state index in [4.69, 9.17) is 9.47 Å². The molecule has 0 spiro atoms. The third kappa shape index (κ3) is 8.29. The first kappa shape index (κ1) is 24.7. The van der Waals surface area contributed by atoms with E-state index in [2.05, 4.69) is 0 Å². The zero-order valence-electron chi connectivity index (χ0n) is 17.0. The molecular formula is C21H27F4NO3. The molecule has 162 valence electrons. The van der Waals surface area contributed by atoms with Crippen LogP contribution in [0, 0.1) is 5.82 Å². The lowest BCUT2D eigenvalue weighted by molar-refractivity contribution is -0.150. The molecule has 8 heteroatoms. The minimum atomic E-state index is -4.44. The predicted molar refractivity (Wildman–Crippen MR) is 104 cm³/mol. The number of aliphatic hydroxyl groups excluding tert-OH is 1. The van der Waals surface area contributed by atoms with Crippen LogP contribution >= 0.6 is 0 Å². The Morgan fingerprint density at radius 2 is 1.62 bits per heavy atom. The third-order valence-electron chi connectivity index (χ3n) is 3.98. The van der Waals surface area contributed by atoms with E-state index in [1.165, 1.54) is 26.4 Å². The van der Waals surface area contributed by atoms with Gasteiger partial charge in [0.15, 0.2) is 0 Å². The van der Waals surface area contributed by atoms with Crippen LogP contribution in [0.2, 0.25) is 0 Å². The van der Waals surface area contributed by atoms with Gasteiger partial charge in [-0.2, -0.15) is 13.2 Å². The monoisotopic (exact) mass is 417 g/mol. The van der Waals surface area contributed by atoms with Gasteiger partial charge in [0.05, 0.1) is 26.9 Å². The second-order valence-electron chi connectivity index (χ2n) is 6.03. The van der Waals surface area contributed by atoms with Crippen LogP contribution in [0.15, 0.2) is 42.5 Å². The van der Waals surface area contributed by atoms with Crippen LogP contribution in [-0.4, -0.2) is 43.5 Å². The number of aliphatic hydroxyl groups is 1. The van der Waals surface area contributed by atoms with Crippen LogP contribution in [0.25, 0.3) is 0 Å². The van der Waals surface area contributed by atoms with Gasteiger partial charge < -0.3 is 14.6 Å². The smallest absolute Gasteiger partial charge is 0.401 e. The molecule has 0 aliphatic carbocycles. The number of nitrogens with zero attached hydrogens (tertiary/aromatic N) is 1. The Bertz CT molecular complexity index is 736. The Morgan fingerprint density at radius 1 is 1.00 bits per heavy atom. The minimum Gasteiger partial charge on any atom is -0.497 e. The molecule has 0 saturated heterocycles. The lowest BCUT2D eigenvalue weighted by atomic mass is 10.1. The second-order valence-corrected chi connectivity index (χ2v) is 6.03. The number of rotatable bonds is 8. The Labute approximate surface area is 168 Å². The van der Waals surface area contributed by atoms with Crippen LogP contribution in [0.5, 0.6) is 11.5 Å². The molecule has 2 rings (SSSR count). The predicted octanol–water partition coefficient (Wildman–Crippen LogP) is 4.97. The summed E-state index contributed by atoms with van der Waals surface area (Å²) in [4.78, 5) is 1.07. The topological polar surface area (TPSA) is 41.9 Å². The normalized spacial score (nSPS) is 12.2. The van der Waals surface area contributed by atoms with E-state index >= 15 is 0 Å². The summed E-state index contributed by atoms with van der Waals surface area (Å²) in [6.45, 7) is 2.42. The number of methoxy groups -OCH3 is 2. The molecule has 2 aromatic rings. The van der Waals surface area contributed by atoms with Gasteiger partial charge in [-0.1, -0.05) is 32.0 Å². The summed E-state index contributed by atoms with van der Waals surface area (Å²) in [6, 6.07) is 9.82. The highest BCUT2D eigenvalue weighted by Gasteiger charge is 2.32. The molecule has 0 bridgehead atoms. The van der Waals surface area contributed by atoms with E-state index in [1.54, 1.807) is 18.2 Å². The molecule has 1 unspecified atom stereocenters. The fourth-order valence-corrected chi connectivity index (χ4v) is 2.70. The number of hydrogen-bond donors (Lipinski definition) is 1. The van der Waals surface area contributed by atoms with Crippen molar-refractivity contribution in [1.82, 2.24) is 4.90 Å². The molecule has 0 aromatic heterocycles. The van der Waals surface area contributed by atoms with Gasteiger partial charge in [-0.3, -0.25) is 4.90 Å². The van der Waals surface area contributed by atoms with Gasteiger partial charge in [-0.25, -0.2) is 4.39 Å². The summed E-state index contributed by atoms with van der Waals surface area (Å²) in [6.07, 6.45) is -5.64. The van der Waals surface area contributed by atoms with E-state index < -0.39 is 24.6 Å². The van der Waals surface area contributed by atoms with Gasteiger partial charge in [0.2, 0.25) is 0 Å². The SMILES string of the molecule is CC.COc1ccc(CN(CC(O)c2ccc(F)cc2)CC(F)(F)F)c(OC)c1. The van der Waals surface area contributed by atoms with Gasteiger partial charge >= 0.3 is 6.18 Å². The average Bonchev–Trinajstić information content (AvgIpc) is 2.69. The van der Waals surface area contributed by atoms with Crippen molar-refractivity contribution in [2.75, 3.05) is 27.3 Å². The Hall–Kier alpha value is -2.32. The molecule has 4 nitrogen and oxygen atoms in total. The molecule has 1 atom stereocenters. The van der Waals surface area contributed by atoms with Crippen molar-refractivity contribution in [2.45, 2.75) is 32.7 Å². The minimum absolute atomic E-state index is 0.0923. The summed E-state index contributed by atoms with van der Waals surface area (Å²) in [7, 11) is 2.89. The Balaban J connectivity index is 0.00000204. The van der Waals surface area contributed by atoms with E-state index in [1.807, 2.05) is 13.8 Å². The first-order valence-corrected chi connectivity index (χ1v) is 9.15. The standard InChI is InChI=1S/C19H21F4NO3.C2H6/c1-26-16-8-5-14(18(9-16)27-2)10-24(12-19(21,22)23)11-17(25)13-3-6-15(20)7-4-13;1-2/h3-9,17,25H,10-12H2,1-2H3;1-2H3. The van der Waals surface area contributed by atoms with Crippen LogP contribution in [0.3, 0.4) is 0 Å². The van der Waals surface area contributed by atoms with Crippen molar-refractivity contribution in [3.63, 3.8) is 0 Å². The maximum atomic E-state index is 13.0. The maximum absolute atomic E-state index is 13.0. The Kier molecular flexibility index (Phi) is 9.91. The van der Waals surface area contributed by atoms with Crippen LogP contribution in [0.1, 0.15) is 31.1 Å². The molecule has 0 saturated carbocycles. The largest absolute Gasteiger partial charge is 0.497 e. The maximum Gasteiger partial charge on any atom is 0.401 e. The van der Waals surface area contributed by atoms with Gasteiger partial charge in [-0.15, -0.1) is 0 Å². The molecule has 0 amide bonds. The van der Waals surface area contributed by atoms with E-state index in [0.717, 1.165) is 17.0 Å². The Morgan fingerprint density at radius 3 is 2.14 bits per heavy atom. The first-order valence-electron chi connectivity index (χ1n) is 9.15. The third-order valence-corrected chi connectivity index (χ3v) is 3.98. The van der Waals surface area contributed by atoms with Crippen molar-refractivity contribution >= 4 is 0 Å². The van der Waals surface area contributed by atoms with E-state index in [9.17, 15) is 22.7 Å². The van der Waals surface area contributed by atoms with Gasteiger partial charge in [0.25, 0.3) is 0 Å². The van der Waals surface area contributed by atoms with Gasteiger partial charge in [0.1, 0.15) is 17.3 Å². The van der Waals surface area contributed by atoms with Crippen LogP contribution in [-0.2, 0) is 6.54 Å². The first-order chi connectivity index (χ1) is 13.7. The van der Waals surface area contributed by atoms with Crippen molar-refractivity contribution in [2.24, 2.45) is 0 Å². The molecule has 1 N–H and O–H groups in total. The molecule has 29 heavy (non-hydrogen) atoms. The lowest BCUT2D eigenvalue weighted by Crippen LogP contribution is -2.36. The van der Waals surface area contributed by atoms with Crippen LogP contribution < -0.4 is 9.47 Å². The quantitative estimate of drug-likeness (QED) is 0.616. The number of hydrogen-bond acceptors (Lipinski definition) is 4. The van der Waals surface area contributed by atoms with Crippen molar-refractivity contribution < 1.29 is 32.1 Å². The molecule has 0 heterocycles. The molecular weight excluding hydrogens is 390 g/mol. The zero-order chi connectivity index (χ0) is 22.0. The molecule has 0 aliphatic rings. The highest BCUT2D eigenvalue weighted by molar-refractivity contribution is 5.40. The zero-order valence-corrected chi connectivity index (χ0v) is 17.0. The average molecular weight is 417 g/mol. The second kappa shape index (κ2) is 11.6. The number of ether oxygens (including phenoxy) is 2. The van der Waals surface area contributed by atoms with Crippen LogP contribution in [0.4, 0.5) is 17.6 Å². The summed E-state index contributed by atoms with van der Waals surface area (Å²) < 4.78 is 62.3. The summed E-state index contributed by atoms with van der Waals surface area (Å²) in [5.41, 5.74) is 0.860. The summed E-state index contributed by atoms with van der Waals surface area (Å²) in [5, 5.41) is 10.3. The van der Waals surface area contributed by atoms with Crippen molar-refractivity contribution in [3.05, 3.63) is 59.4 Å². The van der Waals surface area contributed by atoms with Crippen molar-refractivity contribution in [1.29, 1.82) is 0 Å². The molecule has 0 radical (unpaired) electrons. The fraction of sp³-hybridized carbons (Fsp3) is 0.429. The molecule has 2 aromatic carbocycles. The summed E-state index contributed by atoms with van der Waals surface area (Å²) in [5.74, 6) is 0.420. The highest BCUT2D eigenvalue weighted by atomic mass is 19.4. The molecule has 0 fully saturated rings. The highest BCUT2D eigenvalue weighted by Crippen LogP contribution is 2.28.